The first-order valence-electron chi connectivity index (χ1n) is 10.2. The van der Waals surface area contributed by atoms with Crippen molar-refractivity contribution in [3.63, 3.8) is 0 Å². The van der Waals surface area contributed by atoms with Crippen molar-refractivity contribution in [3.05, 3.63) is 47.1 Å². The van der Waals surface area contributed by atoms with Gasteiger partial charge in [0.25, 0.3) is 5.89 Å². The van der Waals surface area contributed by atoms with Crippen molar-refractivity contribution in [2.45, 2.75) is 51.7 Å². The number of carbonyl (C=O) groups is 1. The average molecular weight is 384 g/mol. The molecule has 0 bridgehead atoms. The zero-order valence-corrected chi connectivity index (χ0v) is 16.4. The predicted molar refractivity (Wildman–Crippen MR) is 104 cm³/mol. The Morgan fingerprint density at radius 1 is 1.21 bits per heavy atom. The highest BCUT2D eigenvalue weighted by molar-refractivity contribution is 5.74. The van der Waals surface area contributed by atoms with Crippen LogP contribution in [0.5, 0.6) is 0 Å². The van der Waals surface area contributed by atoms with Crippen molar-refractivity contribution in [3.8, 4) is 0 Å². The smallest absolute Gasteiger partial charge is 0.317 e. The van der Waals surface area contributed by atoms with Gasteiger partial charge in [0.15, 0.2) is 5.82 Å². The summed E-state index contributed by atoms with van der Waals surface area (Å²) in [6.45, 7) is 5.19. The summed E-state index contributed by atoms with van der Waals surface area (Å²) in [6, 6.07) is 8.20. The number of nitrogens with zero attached hydrogens (tertiary/aromatic N) is 3. The number of amides is 2. The van der Waals surface area contributed by atoms with E-state index in [-0.39, 0.29) is 11.9 Å². The van der Waals surface area contributed by atoms with Crippen LogP contribution in [0, 0.1) is 12.8 Å². The second-order valence-electron chi connectivity index (χ2n) is 7.91. The maximum Gasteiger partial charge on any atom is 0.317 e. The molecule has 1 N–H and O–H groups in total. The topological polar surface area (TPSA) is 80.5 Å². The van der Waals surface area contributed by atoms with Gasteiger partial charge in [0.2, 0.25) is 0 Å². The van der Waals surface area contributed by atoms with Crippen molar-refractivity contribution in [1.82, 2.24) is 20.4 Å². The summed E-state index contributed by atoms with van der Waals surface area (Å²) in [5, 5.41) is 7.13. The number of piperidine rings is 1. The molecule has 1 saturated carbocycles. The molecule has 1 aliphatic heterocycles. The number of ether oxygens (including phenoxy) is 1. The Balaban J connectivity index is 1.20. The van der Waals surface area contributed by atoms with Gasteiger partial charge in [0, 0.05) is 25.6 Å². The Labute approximate surface area is 165 Å². The second-order valence-corrected chi connectivity index (χ2v) is 7.91. The van der Waals surface area contributed by atoms with E-state index in [2.05, 4.69) is 34.5 Å². The summed E-state index contributed by atoms with van der Waals surface area (Å²) in [4.78, 5) is 18.8. The molecule has 1 aromatic heterocycles. The summed E-state index contributed by atoms with van der Waals surface area (Å²) in [7, 11) is 0. The van der Waals surface area contributed by atoms with Crippen molar-refractivity contribution in [1.29, 1.82) is 0 Å². The lowest BCUT2D eigenvalue weighted by atomic mass is 9.96. The first kappa shape index (κ1) is 18.9. The summed E-state index contributed by atoms with van der Waals surface area (Å²) in [6.07, 6.45) is 4.23. The molecule has 7 nitrogen and oxygen atoms in total. The minimum atomic E-state index is -0.0127. The Kier molecular flexibility index (Phi) is 5.90. The van der Waals surface area contributed by atoms with Crippen molar-refractivity contribution in [2.24, 2.45) is 5.92 Å². The predicted octanol–water partition coefficient (Wildman–Crippen LogP) is 3.39. The van der Waals surface area contributed by atoms with Crippen LogP contribution in [0.3, 0.4) is 0 Å². The van der Waals surface area contributed by atoms with Gasteiger partial charge in [-0.15, -0.1) is 0 Å². The molecule has 1 saturated heterocycles. The number of rotatable bonds is 7. The molecule has 2 aromatic rings. The van der Waals surface area contributed by atoms with Crippen LogP contribution in [0.4, 0.5) is 4.79 Å². The van der Waals surface area contributed by atoms with E-state index in [1.807, 2.05) is 17.0 Å². The van der Waals surface area contributed by atoms with Crippen molar-refractivity contribution < 1.29 is 14.1 Å². The van der Waals surface area contributed by atoms with Crippen LogP contribution in [0.2, 0.25) is 0 Å². The molecule has 4 rings (SSSR count). The number of hydrogen-bond donors (Lipinski definition) is 1. The van der Waals surface area contributed by atoms with Crippen LogP contribution < -0.4 is 5.32 Å². The molecule has 7 heteroatoms. The average Bonchev–Trinajstić information content (AvgIpc) is 3.42. The fourth-order valence-electron chi connectivity index (χ4n) is 3.43. The number of carbonyl (C=O) groups excluding carboxylic acids is 1. The summed E-state index contributed by atoms with van der Waals surface area (Å²) in [5.74, 6) is 2.25. The number of aryl methyl sites for hydroxylation is 1. The number of urea groups is 1. The second kappa shape index (κ2) is 8.73. The molecule has 150 valence electrons. The Bertz CT molecular complexity index is 777. The van der Waals surface area contributed by atoms with Crippen molar-refractivity contribution >= 4 is 6.03 Å². The lowest BCUT2D eigenvalue weighted by Crippen LogP contribution is -2.43. The largest absolute Gasteiger partial charge is 0.371 e. The number of hydrogen-bond acceptors (Lipinski definition) is 5. The molecule has 0 atom stereocenters. The molecule has 2 amide bonds. The highest BCUT2D eigenvalue weighted by Crippen LogP contribution is 2.29. The van der Waals surface area contributed by atoms with Gasteiger partial charge in [-0.25, -0.2) is 4.79 Å². The SMILES string of the molecule is Cc1ccc(CNC(=O)N2CCC(c3noc(COCC4CC4)n3)CC2)cc1. The monoisotopic (exact) mass is 384 g/mol. The zero-order chi connectivity index (χ0) is 19.3. The van der Waals surface area contributed by atoms with Crippen LogP contribution in [0.15, 0.2) is 28.8 Å². The molecule has 1 aromatic carbocycles. The van der Waals surface area contributed by atoms with Crippen LogP contribution in [0.25, 0.3) is 0 Å². The Morgan fingerprint density at radius 2 is 1.96 bits per heavy atom. The number of aromatic nitrogens is 2. The van der Waals surface area contributed by atoms with E-state index in [1.54, 1.807) is 0 Å². The van der Waals surface area contributed by atoms with Gasteiger partial charge in [-0.05, 0) is 44.1 Å². The minimum Gasteiger partial charge on any atom is -0.371 e. The van der Waals surface area contributed by atoms with E-state index >= 15 is 0 Å². The summed E-state index contributed by atoms with van der Waals surface area (Å²) < 4.78 is 10.9. The molecular weight excluding hydrogens is 356 g/mol. The number of likely N-dealkylation sites (tertiary alicyclic amines) is 1. The lowest BCUT2D eigenvalue weighted by molar-refractivity contribution is 0.0894. The third kappa shape index (κ3) is 5.10. The maximum atomic E-state index is 12.4. The van der Waals surface area contributed by atoms with E-state index in [0.717, 1.165) is 36.8 Å². The Morgan fingerprint density at radius 3 is 2.68 bits per heavy atom. The molecule has 28 heavy (non-hydrogen) atoms. The van der Waals surface area contributed by atoms with E-state index in [4.69, 9.17) is 9.26 Å². The fourth-order valence-corrected chi connectivity index (χ4v) is 3.43. The number of nitrogens with one attached hydrogen (secondary N) is 1. The number of benzene rings is 1. The van der Waals surface area contributed by atoms with Gasteiger partial charge in [-0.2, -0.15) is 4.98 Å². The quantitative estimate of drug-likeness (QED) is 0.791. The molecule has 2 fully saturated rings. The van der Waals surface area contributed by atoms with E-state index in [1.165, 1.54) is 18.4 Å². The van der Waals surface area contributed by atoms with Crippen LogP contribution in [-0.2, 0) is 17.9 Å². The molecule has 2 heterocycles. The normalized spacial score (nSPS) is 17.7. The third-order valence-corrected chi connectivity index (χ3v) is 5.47. The minimum absolute atomic E-state index is 0.0127. The fraction of sp³-hybridized carbons (Fsp3) is 0.571. The Hall–Kier alpha value is -2.41. The van der Waals surface area contributed by atoms with E-state index in [0.29, 0.717) is 32.1 Å². The molecule has 0 spiro atoms. The molecule has 0 radical (unpaired) electrons. The van der Waals surface area contributed by atoms with Gasteiger partial charge in [-0.1, -0.05) is 35.0 Å². The van der Waals surface area contributed by atoms with Crippen molar-refractivity contribution in [2.75, 3.05) is 19.7 Å². The van der Waals surface area contributed by atoms with Gasteiger partial charge in [-0.3, -0.25) is 0 Å². The first-order chi connectivity index (χ1) is 13.7. The molecule has 0 unspecified atom stereocenters. The van der Waals surface area contributed by atoms with E-state index in [9.17, 15) is 4.79 Å². The molecular formula is C21H28N4O3. The van der Waals surface area contributed by atoms with Gasteiger partial charge in [0.05, 0.1) is 6.61 Å². The van der Waals surface area contributed by atoms with Crippen LogP contribution in [0.1, 0.15) is 54.4 Å². The third-order valence-electron chi connectivity index (χ3n) is 5.47. The highest BCUT2D eigenvalue weighted by Gasteiger charge is 2.27. The maximum absolute atomic E-state index is 12.4. The highest BCUT2D eigenvalue weighted by atomic mass is 16.5. The van der Waals surface area contributed by atoms with Gasteiger partial charge >= 0.3 is 6.03 Å². The molecule has 2 aliphatic rings. The standard InChI is InChI=1S/C21H28N4O3/c1-15-2-4-16(5-3-15)12-22-21(26)25-10-8-18(9-11-25)20-23-19(28-24-20)14-27-13-17-6-7-17/h2-5,17-18H,6-14H2,1H3,(H,22,26). The first-order valence-corrected chi connectivity index (χ1v) is 10.2. The summed E-state index contributed by atoms with van der Waals surface area (Å²) >= 11 is 0. The van der Waals surface area contributed by atoms with Crippen LogP contribution in [-0.4, -0.2) is 40.8 Å². The van der Waals surface area contributed by atoms with Gasteiger partial charge in [0.1, 0.15) is 6.61 Å². The van der Waals surface area contributed by atoms with E-state index < -0.39 is 0 Å². The van der Waals surface area contributed by atoms with Crippen LogP contribution >= 0.6 is 0 Å². The zero-order valence-electron chi connectivity index (χ0n) is 16.4. The van der Waals surface area contributed by atoms with Gasteiger partial charge < -0.3 is 19.5 Å². The molecule has 1 aliphatic carbocycles. The lowest BCUT2D eigenvalue weighted by Gasteiger charge is -2.30. The summed E-state index contributed by atoms with van der Waals surface area (Å²) in [5.41, 5.74) is 2.33.